The lowest BCUT2D eigenvalue weighted by atomic mass is 10.1. The molecule has 80 valence electrons. The summed E-state index contributed by atoms with van der Waals surface area (Å²) in [5, 5.41) is 9.24. The number of aliphatic carboxylic acids is 1. The van der Waals surface area contributed by atoms with Crippen LogP contribution in [0.2, 0.25) is 0 Å². The van der Waals surface area contributed by atoms with Crippen molar-refractivity contribution < 1.29 is 9.90 Å². The normalized spacial score (nSPS) is 24.1. The van der Waals surface area contributed by atoms with E-state index in [1.165, 1.54) is 5.54 Å². The Hall–Kier alpha value is -0.250. The maximum atomic E-state index is 10.6. The molecule has 0 radical (unpaired) electrons. The van der Waals surface area contributed by atoms with Crippen molar-refractivity contribution in [2.24, 2.45) is 0 Å². The van der Waals surface area contributed by atoms with Crippen LogP contribution < -0.4 is 0 Å². The van der Waals surface area contributed by atoms with Crippen LogP contribution in [0.4, 0.5) is 0 Å². The lowest BCUT2D eigenvalue weighted by Gasteiger charge is -2.22. The molecule has 0 aromatic heterocycles. The molecule has 1 saturated heterocycles. The van der Waals surface area contributed by atoms with Crippen LogP contribution in [-0.4, -0.2) is 35.1 Å². The topological polar surface area (TPSA) is 40.5 Å². The summed E-state index contributed by atoms with van der Waals surface area (Å²) in [7, 11) is 0. The fraction of sp³-hybridized carbons (Fsp3) is 0.667. The van der Waals surface area contributed by atoms with Crippen molar-refractivity contribution in [1.82, 2.24) is 4.90 Å². The van der Waals surface area contributed by atoms with Gasteiger partial charge in [-0.25, -0.2) is 0 Å². The third-order valence-corrected chi connectivity index (χ3v) is 2.99. The molecule has 0 bridgehead atoms. The van der Waals surface area contributed by atoms with E-state index >= 15 is 0 Å². The Bertz CT molecular complexity index is 243. The highest BCUT2D eigenvalue weighted by atomic mass is 35.5. The summed E-state index contributed by atoms with van der Waals surface area (Å²) in [6.07, 6.45) is 2.15. The molecule has 0 saturated carbocycles. The van der Waals surface area contributed by atoms with Crippen LogP contribution >= 0.6 is 23.2 Å². The van der Waals surface area contributed by atoms with Gasteiger partial charge in [0, 0.05) is 23.2 Å². The van der Waals surface area contributed by atoms with Crippen LogP contribution in [0.5, 0.6) is 0 Å². The Balaban J connectivity index is 2.46. The van der Waals surface area contributed by atoms with Gasteiger partial charge in [0.15, 0.2) is 0 Å². The number of likely N-dealkylation sites (tertiary alicyclic amines) is 1. The molecule has 0 spiro atoms. The second-order valence-electron chi connectivity index (χ2n) is 3.42. The summed E-state index contributed by atoms with van der Waals surface area (Å²) in [4.78, 5) is 12.6. The Morgan fingerprint density at radius 3 is 2.93 bits per heavy atom. The van der Waals surface area contributed by atoms with E-state index in [1.54, 1.807) is 0 Å². The maximum absolute atomic E-state index is 10.6. The highest BCUT2D eigenvalue weighted by Gasteiger charge is 2.26. The molecule has 1 aliphatic heterocycles. The van der Waals surface area contributed by atoms with Gasteiger partial charge in [0.2, 0.25) is 0 Å². The third-order valence-electron chi connectivity index (χ3n) is 2.38. The smallest absolute Gasteiger partial charge is 0.304 e. The fourth-order valence-electron chi connectivity index (χ4n) is 1.76. The van der Waals surface area contributed by atoms with Gasteiger partial charge in [-0.2, -0.15) is 0 Å². The van der Waals surface area contributed by atoms with E-state index in [1.807, 2.05) is 0 Å². The summed E-state index contributed by atoms with van der Waals surface area (Å²) in [6.45, 7) is 1.46. The third kappa shape index (κ3) is 3.48. The number of rotatable bonds is 4. The van der Waals surface area contributed by atoms with Crippen molar-refractivity contribution >= 4 is 29.2 Å². The Morgan fingerprint density at radius 1 is 1.64 bits per heavy atom. The average Bonchev–Trinajstić information content (AvgIpc) is 2.52. The molecule has 1 N–H and O–H groups in total. The molecule has 0 aromatic carbocycles. The molecule has 14 heavy (non-hydrogen) atoms. The molecule has 3 nitrogen and oxygen atoms in total. The Morgan fingerprint density at radius 2 is 2.36 bits per heavy atom. The minimum Gasteiger partial charge on any atom is -0.481 e. The van der Waals surface area contributed by atoms with Gasteiger partial charge in [0.1, 0.15) is 0 Å². The minimum absolute atomic E-state index is 0.109. The number of carboxylic acids is 1. The van der Waals surface area contributed by atoms with Crippen LogP contribution in [0, 0.1) is 0 Å². The number of hydrogen-bond donors (Lipinski definition) is 1. The first-order valence-corrected chi connectivity index (χ1v) is 5.35. The first-order chi connectivity index (χ1) is 6.63. The van der Waals surface area contributed by atoms with Crippen molar-refractivity contribution in [3.8, 4) is 0 Å². The van der Waals surface area contributed by atoms with Crippen LogP contribution in [0.3, 0.4) is 0 Å². The van der Waals surface area contributed by atoms with Gasteiger partial charge < -0.3 is 5.11 Å². The quantitative estimate of drug-likeness (QED) is 0.816. The first kappa shape index (κ1) is 11.8. The zero-order chi connectivity index (χ0) is 10.6. The molecule has 0 aliphatic carbocycles. The van der Waals surface area contributed by atoms with Gasteiger partial charge in [-0.15, -0.1) is 0 Å². The summed E-state index contributed by atoms with van der Waals surface area (Å²) >= 11 is 11.2. The molecule has 0 aromatic rings. The van der Waals surface area contributed by atoms with Crippen molar-refractivity contribution in [3.05, 3.63) is 10.6 Å². The zero-order valence-corrected chi connectivity index (χ0v) is 9.26. The van der Waals surface area contributed by atoms with E-state index in [9.17, 15) is 4.79 Å². The highest BCUT2D eigenvalue weighted by molar-refractivity contribution is 6.36. The molecular weight excluding hydrogens is 225 g/mol. The van der Waals surface area contributed by atoms with E-state index in [2.05, 4.69) is 4.90 Å². The molecular formula is C9H13Cl2NO2. The van der Waals surface area contributed by atoms with E-state index in [4.69, 9.17) is 28.3 Å². The van der Waals surface area contributed by atoms with Crippen molar-refractivity contribution in [3.63, 3.8) is 0 Å². The lowest BCUT2D eigenvalue weighted by molar-refractivity contribution is -0.138. The Labute approximate surface area is 93.3 Å². The van der Waals surface area contributed by atoms with Gasteiger partial charge in [0.05, 0.1) is 6.42 Å². The summed E-state index contributed by atoms with van der Waals surface area (Å²) < 4.78 is 0. The molecule has 1 fully saturated rings. The number of carbonyl (C=O) groups is 1. The maximum Gasteiger partial charge on any atom is 0.304 e. The van der Waals surface area contributed by atoms with Crippen molar-refractivity contribution in [2.45, 2.75) is 25.3 Å². The second kappa shape index (κ2) is 5.59. The minimum atomic E-state index is -0.757. The summed E-state index contributed by atoms with van der Waals surface area (Å²) in [5.74, 6) is -0.757. The molecule has 1 atom stereocenters. The fourth-order valence-corrected chi connectivity index (χ4v) is 1.99. The number of halogens is 2. The van der Waals surface area contributed by atoms with Crippen LogP contribution in [0.25, 0.3) is 0 Å². The molecule has 5 heteroatoms. The predicted octanol–water partition coefficient (Wildman–Crippen LogP) is 2.24. The van der Waals surface area contributed by atoms with Gasteiger partial charge in [-0.05, 0) is 19.4 Å². The Kier molecular flexibility index (Phi) is 4.72. The van der Waals surface area contributed by atoms with Gasteiger partial charge >= 0.3 is 5.97 Å². The molecule has 1 unspecified atom stereocenters. The molecule has 1 rings (SSSR count). The monoisotopic (exact) mass is 237 g/mol. The van der Waals surface area contributed by atoms with E-state index in [-0.39, 0.29) is 12.5 Å². The summed E-state index contributed by atoms with van der Waals surface area (Å²) in [6, 6.07) is 0.109. The largest absolute Gasteiger partial charge is 0.481 e. The number of hydrogen-bond acceptors (Lipinski definition) is 2. The van der Waals surface area contributed by atoms with E-state index in [0.29, 0.717) is 11.6 Å². The molecule has 1 heterocycles. The lowest BCUT2D eigenvalue weighted by Crippen LogP contribution is -2.32. The van der Waals surface area contributed by atoms with E-state index in [0.717, 1.165) is 19.4 Å². The average molecular weight is 238 g/mol. The van der Waals surface area contributed by atoms with Gasteiger partial charge in [-0.1, -0.05) is 23.2 Å². The predicted molar refractivity (Wildman–Crippen MR) is 56.6 cm³/mol. The van der Waals surface area contributed by atoms with Crippen molar-refractivity contribution in [1.29, 1.82) is 0 Å². The summed E-state index contributed by atoms with van der Waals surface area (Å²) in [5.41, 5.74) is 1.33. The SMILES string of the molecule is O=C(O)CC1CCCN1CC(Cl)=CCl. The van der Waals surface area contributed by atoms with Crippen molar-refractivity contribution in [2.75, 3.05) is 13.1 Å². The van der Waals surface area contributed by atoms with Crippen LogP contribution in [-0.2, 0) is 4.79 Å². The van der Waals surface area contributed by atoms with Gasteiger partial charge in [-0.3, -0.25) is 9.69 Å². The zero-order valence-electron chi connectivity index (χ0n) is 7.75. The van der Waals surface area contributed by atoms with Gasteiger partial charge in [0.25, 0.3) is 0 Å². The second-order valence-corrected chi connectivity index (χ2v) is 4.12. The van der Waals surface area contributed by atoms with Crippen LogP contribution in [0.1, 0.15) is 19.3 Å². The highest BCUT2D eigenvalue weighted by Crippen LogP contribution is 2.22. The standard InChI is InChI=1S/C9H13Cl2NO2/c10-5-7(11)6-12-3-1-2-8(12)4-9(13)14/h5,8H,1-4,6H2,(H,13,14). The van der Waals surface area contributed by atoms with E-state index < -0.39 is 5.97 Å². The number of nitrogens with zero attached hydrogens (tertiary/aromatic N) is 1. The number of carboxylic acid groups (broad SMARTS) is 1. The van der Waals surface area contributed by atoms with Crippen LogP contribution in [0.15, 0.2) is 10.6 Å². The first-order valence-electron chi connectivity index (χ1n) is 4.54. The molecule has 0 amide bonds. The molecule has 1 aliphatic rings.